The van der Waals surface area contributed by atoms with Gasteiger partial charge in [-0.05, 0) is 30.2 Å². The van der Waals surface area contributed by atoms with E-state index in [0.29, 0.717) is 45.3 Å². The van der Waals surface area contributed by atoms with E-state index in [9.17, 15) is 46.1 Å². The van der Waals surface area contributed by atoms with Crippen LogP contribution in [0.4, 0.5) is 26.3 Å². The van der Waals surface area contributed by atoms with Crippen LogP contribution in [0.15, 0.2) is 58.3 Å². The van der Waals surface area contributed by atoms with E-state index in [2.05, 4.69) is 11.9 Å². The lowest BCUT2D eigenvalue weighted by Crippen LogP contribution is -3.19. The molecular formula is C32H26Cl2F6N2O9. The van der Waals surface area contributed by atoms with Crippen LogP contribution in [-0.4, -0.2) is 66.7 Å². The fourth-order valence-electron chi connectivity index (χ4n) is 5.17. The largest absolute Gasteiger partial charge is 0.542 e. The molecule has 0 unspecified atom stereocenters. The molecule has 1 aliphatic carbocycles. The first-order chi connectivity index (χ1) is 23.7. The Hall–Kier alpha value is -4.84. The number of quaternary nitrogens is 2. The van der Waals surface area contributed by atoms with Gasteiger partial charge in [0, 0.05) is 22.1 Å². The van der Waals surface area contributed by atoms with E-state index in [1.54, 1.807) is 30.3 Å². The number of nitrogens with one attached hydrogen (secondary N) is 1. The van der Waals surface area contributed by atoms with E-state index in [-0.39, 0.29) is 39.0 Å². The zero-order chi connectivity index (χ0) is 38.4. The van der Waals surface area contributed by atoms with Crippen molar-refractivity contribution in [1.82, 2.24) is 0 Å². The van der Waals surface area contributed by atoms with Gasteiger partial charge in [0.25, 0.3) is 0 Å². The molecule has 5 N–H and O–H groups in total. The van der Waals surface area contributed by atoms with Crippen molar-refractivity contribution < 1.29 is 75.8 Å². The van der Waals surface area contributed by atoms with Crippen LogP contribution >= 0.6 is 23.2 Å². The molecule has 51 heavy (non-hydrogen) atoms. The normalized spacial score (nSPS) is 13.5. The molecule has 19 heteroatoms. The van der Waals surface area contributed by atoms with Crippen LogP contribution in [0.25, 0.3) is 33.4 Å². The van der Waals surface area contributed by atoms with Gasteiger partial charge in [0.15, 0.2) is 0 Å². The van der Waals surface area contributed by atoms with E-state index in [1.807, 2.05) is 0 Å². The zero-order valence-corrected chi connectivity index (χ0v) is 27.4. The first-order valence-electron chi connectivity index (χ1n) is 14.5. The molecule has 0 bridgehead atoms. The van der Waals surface area contributed by atoms with Crippen molar-refractivity contribution in [3.63, 3.8) is 0 Å². The molecule has 0 aromatic heterocycles. The Morgan fingerprint density at radius 3 is 2.00 bits per heavy atom. The van der Waals surface area contributed by atoms with Crippen molar-refractivity contribution in [2.45, 2.75) is 25.3 Å². The Labute approximate surface area is 293 Å². The van der Waals surface area contributed by atoms with Crippen molar-refractivity contribution in [2.24, 2.45) is 0 Å². The Morgan fingerprint density at radius 2 is 1.49 bits per heavy atom. The Morgan fingerprint density at radius 1 is 0.941 bits per heavy atom. The number of carbonyl (C=O) groups is 3. The van der Waals surface area contributed by atoms with Gasteiger partial charge >= 0.3 is 18.3 Å². The number of hydrogen-bond acceptors (Lipinski definition) is 8. The maximum Gasteiger partial charge on any atom is 0.430 e. The molecule has 5 rings (SSSR count). The second-order valence-electron chi connectivity index (χ2n) is 10.8. The maximum atomic E-state index is 13.0. The number of alkyl halides is 6. The van der Waals surface area contributed by atoms with Crippen molar-refractivity contribution in [3.05, 3.63) is 86.0 Å². The predicted octanol–water partition coefficient (Wildman–Crippen LogP) is 1.56. The van der Waals surface area contributed by atoms with E-state index in [0.717, 1.165) is 26.2 Å². The number of rotatable bonds is 6. The number of fused-ring (bicyclic) bond motifs is 2. The number of carbonyl (C=O) groups excluding carboxylic acids is 2. The van der Waals surface area contributed by atoms with Crippen LogP contribution in [0.3, 0.4) is 0 Å². The molecule has 2 aromatic rings. The summed E-state index contributed by atoms with van der Waals surface area (Å²) in [6.07, 6.45) is -8.60. The topological polar surface area (TPSA) is 189 Å². The smallest absolute Gasteiger partial charge is 0.430 e. The van der Waals surface area contributed by atoms with Crippen LogP contribution in [0.5, 0.6) is 5.75 Å². The molecule has 1 fully saturated rings. The SMILES string of the molecule is C=CCc1c2oc3c(C[NH+]4CC[NH2+]CC4)c(O)c(Cl)cc3c(-c3ccccc3C(=O)O)c-2cc(Cl)c1=O.O=C([O-])C(F)(F)F.O=C([O-])C(F)(F)F. The summed E-state index contributed by atoms with van der Waals surface area (Å²) in [6, 6.07) is 9.71. The van der Waals surface area contributed by atoms with Crippen LogP contribution in [0.2, 0.25) is 10.0 Å². The number of aliphatic carboxylic acids is 2. The minimum atomic E-state index is -5.19. The lowest BCUT2D eigenvalue weighted by Gasteiger charge is -2.24. The minimum absolute atomic E-state index is 0.00735. The van der Waals surface area contributed by atoms with Gasteiger partial charge < -0.3 is 44.6 Å². The molecule has 11 nitrogen and oxygen atoms in total. The van der Waals surface area contributed by atoms with Gasteiger partial charge in [-0.2, -0.15) is 26.3 Å². The molecule has 0 spiro atoms. The van der Waals surface area contributed by atoms with Gasteiger partial charge in [0.05, 0.1) is 21.2 Å². The summed E-state index contributed by atoms with van der Waals surface area (Å²) in [5.74, 6) is -6.92. The summed E-state index contributed by atoms with van der Waals surface area (Å²) in [7, 11) is 0. The molecule has 2 aliphatic heterocycles. The lowest BCUT2D eigenvalue weighted by atomic mass is 9.88. The number of carboxylic acid groups (broad SMARTS) is 3. The molecule has 3 aliphatic rings. The number of nitrogens with two attached hydrogens (primary N) is 1. The molecule has 274 valence electrons. The van der Waals surface area contributed by atoms with Gasteiger partial charge in [0.1, 0.15) is 61.8 Å². The second kappa shape index (κ2) is 16.5. The monoisotopic (exact) mass is 766 g/mol. The molecule has 1 saturated heterocycles. The summed E-state index contributed by atoms with van der Waals surface area (Å²) in [6.45, 7) is 7.96. The van der Waals surface area contributed by atoms with E-state index in [1.165, 1.54) is 17.0 Å². The molecule has 2 heterocycles. The summed E-state index contributed by atoms with van der Waals surface area (Å²) in [5, 5.41) is 41.5. The molecule has 0 amide bonds. The van der Waals surface area contributed by atoms with Crippen LogP contribution in [0, 0.1) is 0 Å². The first-order valence-corrected chi connectivity index (χ1v) is 15.2. The summed E-state index contributed by atoms with van der Waals surface area (Å²) >= 11 is 12.9. The number of phenolic OH excluding ortho intramolecular Hbond substituents is 1. The number of halogens is 8. The number of benzene rings is 3. The lowest BCUT2D eigenvalue weighted by molar-refractivity contribution is -0.957. The number of piperazine rings is 1. The highest BCUT2D eigenvalue weighted by molar-refractivity contribution is 6.33. The average Bonchev–Trinajstić information content (AvgIpc) is 3.05. The van der Waals surface area contributed by atoms with Gasteiger partial charge in [-0.15, -0.1) is 6.58 Å². The van der Waals surface area contributed by atoms with E-state index in [4.69, 9.17) is 47.4 Å². The molecule has 0 atom stereocenters. The third-order valence-corrected chi connectivity index (χ3v) is 7.96. The highest BCUT2D eigenvalue weighted by atomic mass is 35.5. The third kappa shape index (κ3) is 9.69. The maximum absolute atomic E-state index is 13.0. The highest BCUT2D eigenvalue weighted by Crippen LogP contribution is 2.47. The van der Waals surface area contributed by atoms with Gasteiger partial charge in [-0.1, -0.05) is 47.5 Å². The van der Waals surface area contributed by atoms with Gasteiger partial charge in [-0.25, -0.2) is 4.79 Å². The Balaban J connectivity index is 0.000000424. The number of hydrogen-bond donors (Lipinski definition) is 4. The molecule has 0 radical (unpaired) electrons. The van der Waals surface area contributed by atoms with E-state index < -0.39 is 30.3 Å². The summed E-state index contributed by atoms with van der Waals surface area (Å²) in [4.78, 5) is 44.1. The molecular weight excluding hydrogens is 741 g/mol. The number of allylic oxidation sites excluding steroid dienone is 1. The third-order valence-electron chi connectivity index (χ3n) is 7.39. The second-order valence-corrected chi connectivity index (χ2v) is 11.6. The fourth-order valence-corrected chi connectivity index (χ4v) is 5.62. The first kappa shape index (κ1) is 40.6. The van der Waals surface area contributed by atoms with Crippen molar-refractivity contribution in [2.75, 3.05) is 26.2 Å². The molecule has 0 saturated carbocycles. The van der Waals surface area contributed by atoms with Gasteiger partial charge in [0.2, 0.25) is 5.43 Å². The summed E-state index contributed by atoms with van der Waals surface area (Å²) in [5.41, 5.74) is 2.31. The van der Waals surface area contributed by atoms with Crippen molar-refractivity contribution in [1.29, 1.82) is 0 Å². The highest BCUT2D eigenvalue weighted by Gasteiger charge is 2.31. The fraction of sp³-hybridized carbons (Fsp3) is 0.250. The standard InChI is InChI=1S/C28H24Cl2N2O5.2C2HF3O2/c1-2-5-17-24(33)21(29)12-18-23(15-6-3-4-7-16(15)28(35)36)19-13-22(30)25(34)20(27(19)37-26(17)18)14-32-10-8-31-9-11-32;2*3-2(4,5)1(6)7/h2-4,6-7,12-13,31,34H,1,5,8-11,14H2,(H,35,36);2*(H,6,7). The van der Waals surface area contributed by atoms with Gasteiger partial charge in [-0.3, -0.25) is 4.79 Å². The molecule has 2 aromatic carbocycles. The summed E-state index contributed by atoms with van der Waals surface area (Å²) < 4.78 is 69.5. The number of carboxylic acids is 3. The Bertz CT molecular complexity index is 1970. The van der Waals surface area contributed by atoms with Crippen LogP contribution in [0.1, 0.15) is 21.5 Å². The number of phenols is 1. The number of aromatic carboxylic acids is 1. The van der Waals surface area contributed by atoms with Crippen molar-refractivity contribution in [3.8, 4) is 28.2 Å². The predicted molar refractivity (Wildman–Crippen MR) is 165 cm³/mol. The van der Waals surface area contributed by atoms with E-state index >= 15 is 0 Å². The zero-order valence-electron chi connectivity index (χ0n) is 25.8. The van der Waals surface area contributed by atoms with Crippen molar-refractivity contribution >= 4 is 52.1 Å². The Kier molecular flexibility index (Phi) is 13.1. The quantitative estimate of drug-likeness (QED) is 0.128. The average molecular weight is 767 g/mol. The minimum Gasteiger partial charge on any atom is -0.542 e. The van der Waals surface area contributed by atoms with Crippen LogP contribution < -0.4 is 25.9 Å². The van der Waals surface area contributed by atoms with Crippen LogP contribution in [-0.2, 0) is 22.6 Å². The number of aromatic hydroxyl groups is 1.